The van der Waals surface area contributed by atoms with Crippen molar-refractivity contribution in [3.8, 4) is 17.2 Å². The smallest absolute Gasteiger partial charge is 0.165 e. The van der Waals surface area contributed by atoms with E-state index in [0.717, 1.165) is 16.9 Å². The number of hydrogen-bond donors (Lipinski definition) is 1. The quantitative estimate of drug-likeness (QED) is 0.796. The average Bonchev–Trinajstić information content (AvgIpc) is 2.52. The molecule has 2 aromatic carbocycles. The van der Waals surface area contributed by atoms with Gasteiger partial charge in [0, 0.05) is 12.1 Å². The number of aryl methyl sites for hydroxylation is 1. The fourth-order valence-corrected chi connectivity index (χ4v) is 2.06. The van der Waals surface area contributed by atoms with E-state index in [1.807, 2.05) is 49.4 Å². The molecule has 0 saturated carbocycles. The second-order valence-electron chi connectivity index (χ2n) is 4.62. The summed E-state index contributed by atoms with van der Waals surface area (Å²) in [6.45, 7) is 3.32. The normalized spacial score (nSPS) is 10.2. The Labute approximate surface area is 125 Å². The zero-order valence-corrected chi connectivity index (χ0v) is 12.5. The van der Waals surface area contributed by atoms with Crippen molar-refractivity contribution in [1.82, 2.24) is 0 Å². The molecule has 0 radical (unpaired) electrons. The number of methoxy groups -OCH3 is 1. The predicted molar refractivity (Wildman–Crippen MR) is 83.1 cm³/mol. The second kappa shape index (κ2) is 7.55. The van der Waals surface area contributed by atoms with Gasteiger partial charge in [-0.15, -0.1) is 0 Å². The first-order valence-electron chi connectivity index (χ1n) is 6.93. The maximum Gasteiger partial charge on any atom is 0.165 e. The molecular formula is C17H21NO3. The van der Waals surface area contributed by atoms with Gasteiger partial charge in [0.15, 0.2) is 11.5 Å². The van der Waals surface area contributed by atoms with Gasteiger partial charge in [0.05, 0.1) is 7.11 Å². The molecule has 0 aliphatic rings. The van der Waals surface area contributed by atoms with Crippen molar-refractivity contribution in [2.24, 2.45) is 5.73 Å². The highest BCUT2D eigenvalue weighted by Crippen LogP contribution is 2.30. The SMILES string of the molecule is COc1cccc(CN)c1OCCOc1ccccc1C. The molecule has 2 aromatic rings. The Morgan fingerprint density at radius 3 is 2.33 bits per heavy atom. The van der Waals surface area contributed by atoms with Crippen LogP contribution in [0.5, 0.6) is 17.2 Å². The minimum absolute atomic E-state index is 0.408. The fraction of sp³-hybridized carbons (Fsp3) is 0.294. The molecule has 0 aromatic heterocycles. The van der Waals surface area contributed by atoms with E-state index in [2.05, 4.69) is 0 Å². The van der Waals surface area contributed by atoms with Crippen LogP contribution >= 0.6 is 0 Å². The summed E-state index contributed by atoms with van der Waals surface area (Å²) in [5.74, 6) is 2.25. The highest BCUT2D eigenvalue weighted by atomic mass is 16.5. The molecule has 0 heterocycles. The molecule has 4 nitrogen and oxygen atoms in total. The molecule has 0 amide bonds. The van der Waals surface area contributed by atoms with Crippen LogP contribution in [0, 0.1) is 6.92 Å². The molecule has 2 rings (SSSR count). The van der Waals surface area contributed by atoms with Crippen molar-refractivity contribution in [2.75, 3.05) is 20.3 Å². The van der Waals surface area contributed by atoms with Gasteiger partial charge >= 0.3 is 0 Å². The van der Waals surface area contributed by atoms with E-state index < -0.39 is 0 Å². The monoisotopic (exact) mass is 287 g/mol. The third-order valence-electron chi connectivity index (χ3n) is 3.18. The van der Waals surface area contributed by atoms with E-state index in [-0.39, 0.29) is 0 Å². The molecule has 112 valence electrons. The maximum absolute atomic E-state index is 5.78. The van der Waals surface area contributed by atoms with E-state index in [9.17, 15) is 0 Å². The van der Waals surface area contributed by atoms with Crippen molar-refractivity contribution in [3.05, 3.63) is 53.6 Å². The van der Waals surface area contributed by atoms with Crippen LogP contribution in [0.2, 0.25) is 0 Å². The van der Waals surface area contributed by atoms with Crippen LogP contribution < -0.4 is 19.9 Å². The van der Waals surface area contributed by atoms with Crippen molar-refractivity contribution in [3.63, 3.8) is 0 Å². The summed E-state index contributed by atoms with van der Waals surface area (Å²) in [7, 11) is 1.62. The van der Waals surface area contributed by atoms with Crippen LogP contribution in [0.15, 0.2) is 42.5 Å². The zero-order valence-electron chi connectivity index (χ0n) is 12.5. The van der Waals surface area contributed by atoms with Gasteiger partial charge in [-0.1, -0.05) is 30.3 Å². The van der Waals surface area contributed by atoms with E-state index in [1.165, 1.54) is 0 Å². The summed E-state index contributed by atoms with van der Waals surface area (Å²) in [6, 6.07) is 13.6. The third kappa shape index (κ3) is 3.89. The average molecular weight is 287 g/mol. The van der Waals surface area contributed by atoms with Gasteiger partial charge < -0.3 is 19.9 Å². The van der Waals surface area contributed by atoms with Crippen molar-refractivity contribution in [1.29, 1.82) is 0 Å². The van der Waals surface area contributed by atoms with Crippen LogP contribution in [0.25, 0.3) is 0 Å². The molecule has 4 heteroatoms. The van der Waals surface area contributed by atoms with Crippen LogP contribution in [0.1, 0.15) is 11.1 Å². The molecule has 0 aliphatic heterocycles. The molecular weight excluding hydrogens is 266 g/mol. The Morgan fingerprint density at radius 2 is 1.62 bits per heavy atom. The lowest BCUT2D eigenvalue weighted by Gasteiger charge is -2.15. The summed E-state index contributed by atoms with van der Waals surface area (Å²) >= 11 is 0. The molecule has 0 unspecified atom stereocenters. The Kier molecular flexibility index (Phi) is 5.46. The number of nitrogens with two attached hydrogens (primary N) is 1. The number of hydrogen-bond acceptors (Lipinski definition) is 4. The lowest BCUT2D eigenvalue weighted by molar-refractivity contribution is 0.209. The van der Waals surface area contributed by atoms with Crippen LogP contribution in [-0.4, -0.2) is 20.3 Å². The number of benzene rings is 2. The highest BCUT2D eigenvalue weighted by molar-refractivity contribution is 5.46. The lowest BCUT2D eigenvalue weighted by atomic mass is 10.2. The Balaban J connectivity index is 1.93. The van der Waals surface area contributed by atoms with Crippen molar-refractivity contribution < 1.29 is 14.2 Å². The van der Waals surface area contributed by atoms with E-state index >= 15 is 0 Å². The van der Waals surface area contributed by atoms with Crippen molar-refractivity contribution in [2.45, 2.75) is 13.5 Å². The Hall–Kier alpha value is -2.20. The first-order chi connectivity index (χ1) is 10.3. The number of rotatable bonds is 7. The van der Waals surface area contributed by atoms with E-state index in [0.29, 0.717) is 31.3 Å². The summed E-state index contributed by atoms with van der Waals surface area (Å²) < 4.78 is 16.8. The lowest BCUT2D eigenvalue weighted by Crippen LogP contribution is -2.12. The first kappa shape index (κ1) is 15.2. The van der Waals surface area contributed by atoms with Gasteiger partial charge in [-0.3, -0.25) is 0 Å². The van der Waals surface area contributed by atoms with E-state index in [4.69, 9.17) is 19.9 Å². The number of para-hydroxylation sites is 2. The van der Waals surface area contributed by atoms with Gasteiger partial charge in [-0.2, -0.15) is 0 Å². The predicted octanol–water partition coefficient (Wildman–Crippen LogP) is 2.92. The Morgan fingerprint density at radius 1 is 0.905 bits per heavy atom. The molecule has 0 atom stereocenters. The van der Waals surface area contributed by atoms with Gasteiger partial charge in [-0.25, -0.2) is 0 Å². The summed E-state index contributed by atoms with van der Waals surface area (Å²) in [5, 5.41) is 0. The molecule has 0 spiro atoms. The fourth-order valence-electron chi connectivity index (χ4n) is 2.06. The third-order valence-corrected chi connectivity index (χ3v) is 3.18. The van der Waals surface area contributed by atoms with Gasteiger partial charge in [0.2, 0.25) is 0 Å². The summed E-state index contributed by atoms with van der Waals surface area (Å²) in [5.41, 5.74) is 7.75. The molecule has 0 aliphatic carbocycles. The van der Waals surface area contributed by atoms with Gasteiger partial charge in [0.1, 0.15) is 19.0 Å². The molecule has 0 saturated heterocycles. The first-order valence-corrected chi connectivity index (χ1v) is 6.93. The van der Waals surface area contributed by atoms with Crippen molar-refractivity contribution >= 4 is 0 Å². The van der Waals surface area contributed by atoms with Crippen LogP contribution in [-0.2, 0) is 6.54 Å². The molecule has 2 N–H and O–H groups in total. The zero-order chi connectivity index (χ0) is 15.1. The minimum Gasteiger partial charge on any atom is -0.493 e. The topological polar surface area (TPSA) is 53.7 Å². The Bertz CT molecular complexity index is 562. The summed E-state index contributed by atoms with van der Waals surface area (Å²) in [6.07, 6.45) is 0. The highest BCUT2D eigenvalue weighted by Gasteiger charge is 2.09. The molecule has 0 bridgehead atoms. The van der Waals surface area contributed by atoms with Crippen LogP contribution in [0.4, 0.5) is 0 Å². The van der Waals surface area contributed by atoms with E-state index in [1.54, 1.807) is 7.11 Å². The molecule has 0 fully saturated rings. The summed E-state index contributed by atoms with van der Waals surface area (Å²) in [4.78, 5) is 0. The largest absolute Gasteiger partial charge is 0.493 e. The van der Waals surface area contributed by atoms with Gasteiger partial charge in [0.25, 0.3) is 0 Å². The second-order valence-corrected chi connectivity index (χ2v) is 4.62. The van der Waals surface area contributed by atoms with Crippen LogP contribution in [0.3, 0.4) is 0 Å². The molecule has 21 heavy (non-hydrogen) atoms. The maximum atomic E-state index is 5.78. The number of ether oxygens (including phenoxy) is 3. The standard InChI is InChI=1S/C17H21NO3/c1-13-6-3-4-8-15(13)20-10-11-21-17-14(12-18)7-5-9-16(17)19-2/h3-9H,10-12,18H2,1-2H3. The van der Waals surface area contributed by atoms with Gasteiger partial charge in [-0.05, 0) is 24.6 Å². The minimum atomic E-state index is 0.408.